The summed E-state index contributed by atoms with van der Waals surface area (Å²) in [6.45, 7) is 2.45. The number of carbonyl (C=O) groups excluding carboxylic acids is 1. The average Bonchev–Trinajstić information content (AvgIpc) is 2.84. The lowest BCUT2D eigenvalue weighted by atomic mass is 10.3. The molecule has 6 heteroatoms. The summed E-state index contributed by atoms with van der Waals surface area (Å²) >= 11 is 5.58. The van der Waals surface area contributed by atoms with Gasteiger partial charge in [0.2, 0.25) is 5.82 Å². The smallest absolute Gasteiger partial charge is 0.265 e. The van der Waals surface area contributed by atoms with E-state index in [2.05, 4.69) is 10.1 Å². The zero-order valence-corrected chi connectivity index (χ0v) is 8.73. The van der Waals surface area contributed by atoms with Gasteiger partial charge in [-0.3, -0.25) is 4.79 Å². The highest BCUT2D eigenvalue weighted by Crippen LogP contribution is 2.15. The first-order valence-corrected chi connectivity index (χ1v) is 4.78. The molecule has 0 fully saturated rings. The Bertz CT molecular complexity index is 489. The Hall–Kier alpha value is -1.62. The lowest BCUT2D eigenvalue weighted by molar-refractivity contribution is 0.0994. The Balaban J connectivity index is 2.36. The fourth-order valence-corrected chi connectivity index (χ4v) is 1.36. The van der Waals surface area contributed by atoms with Gasteiger partial charge >= 0.3 is 0 Å². The van der Waals surface area contributed by atoms with Crippen molar-refractivity contribution in [2.75, 3.05) is 0 Å². The number of aromatic nitrogens is 3. The number of furan rings is 1. The Kier molecular flexibility index (Phi) is 2.55. The Labute approximate surface area is 90.7 Å². The van der Waals surface area contributed by atoms with Crippen molar-refractivity contribution < 1.29 is 9.21 Å². The predicted molar refractivity (Wildman–Crippen MR) is 52.8 cm³/mol. The van der Waals surface area contributed by atoms with Crippen LogP contribution in [0.5, 0.6) is 0 Å². The molecular formula is C9H8ClN3O2. The third-order valence-corrected chi connectivity index (χ3v) is 2.12. The van der Waals surface area contributed by atoms with Crippen molar-refractivity contribution in [2.45, 2.75) is 13.5 Å². The molecule has 0 aliphatic rings. The summed E-state index contributed by atoms with van der Waals surface area (Å²) in [6.07, 6.45) is 1.33. The van der Waals surface area contributed by atoms with Crippen molar-refractivity contribution in [1.29, 1.82) is 0 Å². The minimum absolute atomic E-state index is 0.169. The topological polar surface area (TPSA) is 60.9 Å². The largest absolute Gasteiger partial charge is 0.441 e. The molecule has 0 saturated heterocycles. The van der Waals surface area contributed by atoms with Crippen LogP contribution < -0.4 is 0 Å². The van der Waals surface area contributed by atoms with E-state index in [-0.39, 0.29) is 22.6 Å². The van der Waals surface area contributed by atoms with Crippen LogP contribution in [0.4, 0.5) is 0 Å². The maximum absolute atomic E-state index is 11.8. The van der Waals surface area contributed by atoms with Crippen molar-refractivity contribution in [2.24, 2.45) is 0 Å². The first kappa shape index (κ1) is 9.92. The van der Waals surface area contributed by atoms with Crippen molar-refractivity contribution in [3.63, 3.8) is 0 Å². The van der Waals surface area contributed by atoms with Gasteiger partial charge in [-0.1, -0.05) is 0 Å². The molecule has 0 spiro atoms. The van der Waals surface area contributed by atoms with Crippen LogP contribution in [-0.4, -0.2) is 20.5 Å². The van der Waals surface area contributed by atoms with Gasteiger partial charge in [-0.2, -0.15) is 5.10 Å². The standard InChI is InChI=1S/C9H8ClN3O2/c1-2-13-9(11-5-12-13)8(14)6-3-4-7(10)15-6/h3-5H,2H2,1H3. The molecule has 0 atom stereocenters. The van der Waals surface area contributed by atoms with Crippen LogP contribution in [0.3, 0.4) is 0 Å². The summed E-state index contributed by atoms with van der Waals surface area (Å²) in [5.74, 6) is 0.104. The molecule has 15 heavy (non-hydrogen) atoms. The molecule has 0 N–H and O–H groups in total. The van der Waals surface area contributed by atoms with Crippen molar-refractivity contribution in [3.8, 4) is 0 Å². The monoisotopic (exact) mass is 225 g/mol. The second-order valence-electron chi connectivity index (χ2n) is 2.83. The van der Waals surface area contributed by atoms with Gasteiger partial charge in [0.05, 0.1) is 0 Å². The highest BCUT2D eigenvalue weighted by molar-refractivity contribution is 6.29. The van der Waals surface area contributed by atoms with E-state index >= 15 is 0 Å². The molecule has 0 saturated carbocycles. The second-order valence-corrected chi connectivity index (χ2v) is 3.20. The van der Waals surface area contributed by atoms with Crippen LogP contribution in [-0.2, 0) is 6.54 Å². The summed E-state index contributed by atoms with van der Waals surface area (Å²) in [4.78, 5) is 15.7. The van der Waals surface area contributed by atoms with Gasteiger partial charge in [-0.05, 0) is 30.7 Å². The van der Waals surface area contributed by atoms with E-state index in [1.165, 1.54) is 23.1 Å². The molecule has 0 amide bonds. The molecule has 5 nitrogen and oxygen atoms in total. The fraction of sp³-hybridized carbons (Fsp3) is 0.222. The Morgan fingerprint density at radius 2 is 2.40 bits per heavy atom. The molecule has 2 heterocycles. The van der Waals surface area contributed by atoms with E-state index in [9.17, 15) is 4.79 Å². The maximum Gasteiger partial charge on any atom is 0.265 e. The highest BCUT2D eigenvalue weighted by atomic mass is 35.5. The molecule has 2 aromatic heterocycles. The number of carbonyl (C=O) groups is 1. The number of nitrogens with zero attached hydrogens (tertiary/aromatic N) is 3. The number of hydrogen-bond donors (Lipinski definition) is 0. The van der Waals surface area contributed by atoms with Crippen molar-refractivity contribution in [3.05, 3.63) is 35.3 Å². The molecule has 0 aliphatic carbocycles. The molecule has 0 radical (unpaired) electrons. The molecule has 2 aromatic rings. The third kappa shape index (κ3) is 1.78. The van der Waals surface area contributed by atoms with Crippen LogP contribution in [0.25, 0.3) is 0 Å². The van der Waals surface area contributed by atoms with Crippen molar-refractivity contribution >= 4 is 17.4 Å². The molecule has 0 unspecified atom stereocenters. The molecule has 0 aromatic carbocycles. The van der Waals surface area contributed by atoms with Crippen LogP contribution in [0.15, 0.2) is 22.9 Å². The van der Waals surface area contributed by atoms with E-state index in [0.29, 0.717) is 6.54 Å². The molecular weight excluding hydrogens is 218 g/mol. The van der Waals surface area contributed by atoms with E-state index in [1.807, 2.05) is 6.92 Å². The van der Waals surface area contributed by atoms with E-state index < -0.39 is 0 Å². The number of rotatable bonds is 3. The summed E-state index contributed by atoms with van der Waals surface area (Å²) in [7, 11) is 0. The highest BCUT2D eigenvalue weighted by Gasteiger charge is 2.18. The fourth-order valence-electron chi connectivity index (χ4n) is 1.22. The Morgan fingerprint density at radius 3 is 3.00 bits per heavy atom. The number of aryl methyl sites for hydroxylation is 1. The SMILES string of the molecule is CCn1ncnc1C(=O)c1ccc(Cl)o1. The van der Waals surface area contributed by atoms with E-state index in [1.54, 1.807) is 0 Å². The van der Waals surface area contributed by atoms with Crippen LogP contribution in [0.1, 0.15) is 23.3 Å². The summed E-state index contributed by atoms with van der Waals surface area (Å²) < 4.78 is 6.50. The zero-order chi connectivity index (χ0) is 10.8. The summed E-state index contributed by atoms with van der Waals surface area (Å²) in [5, 5.41) is 4.08. The summed E-state index contributed by atoms with van der Waals surface area (Å²) in [6, 6.07) is 3.03. The minimum atomic E-state index is -0.318. The van der Waals surface area contributed by atoms with Gasteiger partial charge < -0.3 is 4.42 Å². The molecule has 0 bridgehead atoms. The van der Waals surface area contributed by atoms with Gasteiger partial charge in [0, 0.05) is 6.54 Å². The predicted octanol–water partition coefficient (Wildman–Crippen LogP) is 1.78. The number of halogens is 1. The first-order valence-electron chi connectivity index (χ1n) is 4.40. The van der Waals surface area contributed by atoms with Gasteiger partial charge in [0.1, 0.15) is 6.33 Å². The quantitative estimate of drug-likeness (QED) is 0.747. The van der Waals surface area contributed by atoms with Crippen molar-refractivity contribution in [1.82, 2.24) is 14.8 Å². The minimum Gasteiger partial charge on any atom is -0.441 e. The normalized spacial score (nSPS) is 10.5. The van der Waals surface area contributed by atoms with E-state index in [0.717, 1.165) is 0 Å². The maximum atomic E-state index is 11.8. The lowest BCUT2D eigenvalue weighted by Gasteiger charge is -1.98. The first-order chi connectivity index (χ1) is 7.22. The van der Waals surface area contributed by atoms with Crippen LogP contribution in [0, 0.1) is 0 Å². The van der Waals surface area contributed by atoms with Crippen LogP contribution in [0.2, 0.25) is 5.22 Å². The summed E-state index contributed by atoms with van der Waals surface area (Å²) in [5.41, 5.74) is 0. The Morgan fingerprint density at radius 1 is 1.60 bits per heavy atom. The zero-order valence-electron chi connectivity index (χ0n) is 7.98. The van der Waals surface area contributed by atoms with Gasteiger partial charge in [-0.15, -0.1) is 0 Å². The second kappa shape index (κ2) is 3.86. The van der Waals surface area contributed by atoms with Gasteiger partial charge in [-0.25, -0.2) is 9.67 Å². The van der Waals surface area contributed by atoms with Crippen LogP contribution >= 0.6 is 11.6 Å². The van der Waals surface area contributed by atoms with Gasteiger partial charge in [0.25, 0.3) is 5.78 Å². The molecule has 0 aliphatic heterocycles. The molecule has 2 rings (SSSR count). The third-order valence-electron chi connectivity index (χ3n) is 1.92. The molecule has 78 valence electrons. The van der Waals surface area contributed by atoms with Gasteiger partial charge in [0.15, 0.2) is 11.0 Å². The number of ketones is 1. The number of hydrogen-bond acceptors (Lipinski definition) is 4. The van der Waals surface area contributed by atoms with E-state index in [4.69, 9.17) is 16.0 Å². The lowest BCUT2D eigenvalue weighted by Crippen LogP contribution is -2.11. The average molecular weight is 226 g/mol.